The Morgan fingerprint density at radius 2 is 1.59 bits per heavy atom. The summed E-state index contributed by atoms with van der Waals surface area (Å²) in [6.45, 7) is 0.516. The summed E-state index contributed by atoms with van der Waals surface area (Å²) in [5.41, 5.74) is 4.59. The monoisotopic (exact) mass is 367 g/mol. The lowest BCUT2D eigenvalue weighted by Gasteiger charge is -2.19. The van der Waals surface area contributed by atoms with Gasteiger partial charge in [-0.05, 0) is 22.3 Å². The number of β-amino-alcohol motifs (C(OH)–C–C–N with tert-alkyl or cyclic N) is 1. The zero-order valence-electron chi connectivity index (χ0n) is 14.7. The molecule has 0 radical (unpaired) electrons. The molecule has 0 saturated carbocycles. The largest absolute Gasteiger partial charge is 0.481 e. The van der Waals surface area contributed by atoms with E-state index in [1.54, 1.807) is 0 Å². The van der Waals surface area contributed by atoms with E-state index in [2.05, 4.69) is 24.3 Å². The first kappa shape index (κ1) is 17.5. The topological polar surface area (TPSA) is 87.1 Å². The number of aliphatic hydroxyl groups is 1. The fourth-order valence-corrected chi connectivity index (χ4v) is 4.11. The van der Waals surface area contributed by atoms with Crippen molar-refractivity contribution in [3.05, 3.63) is 59.7 Å². The van der Waals surface area contributed by atoms with Crippen LogP contribution in [-0.2, 0) is 9.53 Å². The zero-order valence-corrected chi connectivity index (χ0v) is 14.7. The molecule has 2 aliphatic rings. The van der Waals surface area contributed by atoms with Crippen molar-refractivity contribution in [3.8, 4) is 11.1 Å². The van der Waals surface area contributed by atoms with Crippen molar-refractivity contribution in [1.29, 1.82) is 0 Å². The van der Waals surface area contributed by atoms with E-state index in [9.17, 15) is 14.7 Å². The lowest BCUT2D eigenvalue weighted by Crippen LogP contribution is -2.31. The summed E-state index contributed by atoms with van der Waals surface area (Å²) in [7, 11) is 0. The quantitative estimate of drug-likeness (QED) is 0.868. The van der Waals surface area contributed by atoms with E-state index in [0.29, 0.717) is 0 Å². The van der Waals surface area contributed by atoms with Gasteiger partial charge in [-0.3, -0.25) is 4.79 Å². The number of rotatable bonds is 4. The van der Waals surface area contributed by atoms with Crippen molar-refractivity contribution in [1.82, 2.24) is 4.90 Å². The van der Waals surface area contributed by atoms with Crippen LogP contribution in [0.5, 0.6) is 0 Å². The summed E-state index contributed by atoms with van der Waals surface area (Å²) in [4.78, 5) is 24.7. The maximum atomic E-state index is 12.4. The third kappa shape index (κ3) is 3.28. The van der Waals surface area contributed by atoms with Gasteiger partial charge in [0, 0.05) is 18.4 Å². The molecule has 2 aromatic carbocycles. The van der Waals surface area contributed by atoms with Crippen molar-refractivity contribution >= 4 is 12.1 Å². The molecule has 2 N–H and O–H groups in total. The first-order valence-corrected chi connectivity index (χ1v) is 9.04. The lowest BCUT2D eigenvalue weighted by atomic mass is 9.98. The molecular weight excluding hydrogens is 346 g/mol. The SMILES string of the molecule is O=C(O)C[C@@H]1CN(C(=O)OCC2c3ccccc3-c3ccccc32)C[C@H]1O. The van der Waals surface area contributed by atoms with Crippen LogP contribution in [0, 0.1) is 5.92 Å². The van der Waals surface area contributed by atoms with E-state index in [4.69, 9.17) is 9.84 Å². The Labute approximate surface area is 157 Å². The predicted molar refractivity (Wildman–Crippen MR) is 98.4 cm³/mol. The van der Waals surface area contributed by atoms with E-state index in [1.165, 1.54) is 4.90 Å². The second-order valence-corrected chi connectivity index (χ2v) is 7.13. The second kappa shape index (κ2) is 7.04. The number of carbonyl (C=O) groups excluding carboxylic acids is 1. The Hall–Kier alpha value is -2.86. The summed E-state index contributed by atoms with van der Waals surface area (Å²) in [6, 6.07) is 16.2. The number of carbonyl (C=O) groups is 2. The molecule has 1 saturated heterocycles. The van der Waals surface area contributed by atoms with Gasteiger partial charge in [0.25, 0.3) is 0 Å². The molecule has 1 aliphatic carbocycles. The Morgan fingerprint density at radius 3 is 2.19 bits per heavy atom. The zero-order chi connectivity index (χ0) is 19.0. The first-order chi connectivity index (χ1) is 13.0. The van der Waals surface area contributed by atoms with Gasteiger partial charge in [0.1, 0.15) is 6.61 Å². The summed E-state index contributed by atoms with van der Waals surface area (Å²) in [5.74, 6) is -1.46. The number of nitrogens with zero attached hydrogens (tertiary/aromatic N) is 1. The van der Waals surface area contributed by atoms with Crippen LogP contribution in [0.25, 0.3) is 11.1 Å². The molecule has 2 aromatic rings. The molecule has 2 atom stereocenters. The average Bonchev–Trinajstić information content (AvgIpc) is 3.18. The van der Waals surface area contributed by atoms with Crippen LogP contribution in [-0.4, -0.2) is 53.0 Å². The molecule has 1 amide bonds. The van der Waals surface area contributed by atoms with Gasteiger partial charge in [0.05, 0.1) is 19.1 Å². The van der Waals surface area contributed by atoms with Crippen molar-refractivity contribution in [2.75, 3.05) is 19.7 Å². The number of ether oxygens (including phenoxy) is 1. The molecule has 6 nitrogen and oxygen atoms in total. The van der Waals surface area contributed by atoms with Crippen LogP contribution < -0.4 is 0 Å². The Kier molecular flexibility index (Phi) is 4.58. The van der Waals surface area contributed by atoms with Gasteiger partial charge >= 0.3 is 12.1 Å². The molecule has 4 rings (SSSR count). The molecule has 0 aromatic heterocycles. The minimum Gasteiger partial charge on any atom is -0.481 e. The molecule has 6 heteroatoms. The van der Waals surface area contributed by atoms with Crippen molar-refractivity contribution in [3.63, 3.8) is 0 Å². The van der Waals surface area contributed by atoms with Gasteiger partial charge < -0.3 is 19.8 Å². The number of fused-ring (bicyclic) bond motifs is 3. The Bertz CT molecular complexity index is 835. The van der Waals surface area contributed by atoms with Gasteiger partial charge in [0.15, 0.2) is 0 Å². The maximum Gasteiger partial charge on any atom is 0.409 e. The van der Waals surface area contributed by atoms with Crippen molar-refractivity contribution < 1.29 is 24.5 Å². The van der Waals surface area contributed by atoms with Crippen molar-refractivity contribution in [2.45, 2.75) is 18.4 Å². The number of likely N-dealkylation sites (tertiary alicyclic amines) is 1. The average molecular weight is 367 g/mol. The third-order valence-electron chi connectivity index (χ3n) is 5.44. The van der Waals surface area contributed by atoms with Gasteiger partial charge in [-0.25, -0.2) is 4.79 Å². The van der Waals surface area contributed by atoms with Crippen LogP contribution in [0.15, 0.2) is 48.5 Å². The highest BCUT2D eigenvalue weighted by molar-refractivity contribution is 5.79. The number of aliphatic carboxylic acids is 1. The number of carboxylic acid groups (broad SMARTS) is 1. The molecule has 0 unspecified atom stereocenters. The number of hydrogen-bond donors (Lipinski definition) is 2. The van der Waals surface area contributed by atoms with E-state index in [1.807, 2.05) is 24.3 Å². The number of amides is 1. The number of hydrogen-bond acceptors (Lipinski definition) is 4. The lowest BCUT2D eigenvalue weighted by molar-refractivity contribution is -0.138. The minimum atomic E-state index is -0.978. The Morgan fingerprint density at radius 1 is 1.00 bits per heavy atom. The summed E-state index contributed by atoms with van der Waals surface area (Å²) < 4.78 is 5.55. The van der Waals surface area contributed by atoms with Crippen LogP contribution in [0.2, 0.25) is 0 Å². The molecular formula is C21H21NO5. The predicted octanol–water partition coefficient (Wildman–Crippen LogP) is 2.70. The Balaban J connectivity index is 1.45. The van der Waals surface area contributed by atoms with Crippen molar-refractivity contribution in [2.24, 2.45) is 5.92 Å². The van der Waals surface area contributed by atoms with Crippen LogP contribution in [0.1, 0.15) is 23.5 Å². The van der Waals surface area contributed by atoms with Crippen LogP contribution in [0.3, 0.4) is 0 Å². The highest BCUT2D eigenvalue weighted by atomic mass is 16.6. The van der Waals surface area contributed by atoms with E-state index in [0.717, 1.165) is 22.3 Å². The summed E-state index contributed by atoms with van der Waals surface area (Å²) >= 11 is 0. The van der Waals surface area contributed by atoms with Crippen LogP contribution >= 0.6 is 0 Å². The van der Waals surface area contributed by atoms with Gasteiger partial charge in [-0.1, -0.05) is 48.5 Å². The standard InChI is InChI=1S/C21H21NO5/c23-19-11-22(10-13(19)9-20(24)25)21(26)27-12-18-16-7-3-1-5-14(16)15-6-2-4-8-17(15)18/h1-8,13,18-19,23H,9-12H2,(H,24,25)/t13-,19-/m1/s1. The second-order valence-electron chi connectivity index (χ2n) is 7.13. The fraction of sp³-hybridized carbons (Fsp3) is 0.333. The fourth-order valence-electron chi connectivity index (χ4n) is 4.11. The first-order valence-electron chi connectivity index (χ1n) is 9.04. The third-order valence-corrected chi connectivity index (χ3v) is 5.44. The molecule has 1 aliphatic heterocycles. The minimum absolute atomic E-state index is 0.0244. The summed E-state index contributed by atoms with van der Waals surface area (Å²) in [6.07, 6.45) is -1.50. The highest BCUT2D eigenvalue weighted by Crippen LogP contribution is 2.44. The molecule has 140 valence electrons. The maximum absolute atomic E-state index is 12.4. The van der Waals surface area contributed by atoms with Gasteiger partial charge in [-0.2, -0.15) is 0 Å². The number of carboxylic acids is 1. The van der Waals surface area contributed by atoms with E-state index < -0.39 is 24.1 Å². The van der Waals surface area contributed by atoms with E-state index >= 15 is 0 Å². The van der Waals surface area contributed by atoms with Crippen LogP contribution in [0.4, 0.5) is 4.79 Å². The molecule has 0 bridgehead atoms. The highest BCUT2D eigenvalue weighted by Gasteiger charge is 2.37. The van der Waals surface area contributed by atoms with E-state index in [-0.39, 0.29) is 32.0 Å². The van der Waals surface area contributed by atoms with Gasteiger partial charge in [-0.15, -0.1) is 0 Å². The molecule has 27 heavy (non-hydrogen) atoms. The molecule has 1 fully saturated rings. The smallest absolute Gasteiger partial charge is 0.409 e. The van der Waals surface area contributed by atoms with Gasteiger partial charge in [0.2, 0.25) is 0 Å². The molecule has 0 spiro atoms. The summed E-state index contributed by atoms with van der Waals surface area (Å²) in [5, 5.41) is 18.9. The molecule has 1 heterocycles. The number of benzene rings is 2. The normalized spacial score (nSPS) is 21.0. The number of aliphatic hydroxyl groups excluding tert-OH is 1.